The van der Waals surface area contributed by atoms with Crippen molar-refractivity contribution in [2.45, 2.75) is 49.7 Å². The van der Waals surface area contributed by atoms with E-state index in [0.29, 0.717) is 56.3 Å². The van der Waals surface area contributed by atoms with Crippen LogP contribution in [0.5, 0.6) is 0 Å². The maximum Gasteiger partial charge on any atom is 0.255 e. The molecule has 1 N–H and O–H groups in total. The Hall–Kier alpha value is -3.95. The predicted molar refractivity (Wildman–Crippen MR) is 136 cm³/mol. The Morgan fingerprint density at radius 3 is 2.51 bits per heavy atom. The topological polar surface area (TPSA) is 106 Å². The van der Waals surface area contributed by atoms with Crippen LogP contribution in [0.4, 0.5) is 5.69 Å². The molecule has 1 aliphatic carbocycles. The lowest BCUT2D eigenvalue weighted by Gasteiger charge is -2.43. The zero-order valence-corrected chi connectivity index (χ0v) is 20.5. The minimum Gasteiger partial charge on any atom is -0.339 e. The summed E-state index contributed by atoms with van der Waals surface area (Å²) in [6.45, 7) is 2.04. The third-order valence-electron chi connectivity index (χ3n) is 8.53. The number of aromatic nitrogens is 3. The van der Waals surface area contributed by atoms with E-state index >= 15 is 0 Å². The van der Waals surface area contributed by atoms with E-state index in [-0.39, 0.29) is 17.7 Å². The van der Waals surface area contributed by atoms with Gasteiger partial charge in [0.25, 0.3) is 11.8 Å². The summed E-state index contributed by atoms with van der Waals surface area (Å²) in [5.74, 6) is 0.0154. The Balaban J connectivity index is 1.14. The van der Waals surface area contributed by atoms with Gasteiger partial charge in [-0.15, -0.1) is 0 Å². The summed E-state index contributed by atoms with van der Waals surface area (Å²) in [4.78, 5) is 52.8. The maximum absolute atomic E-state index is 14.1. The maximum atomic E-state index is 14.1. The van der Waals surface area contributed by atoms with Crippen LogP contribution in [0.3, 0.4) is 0 Å². The summed E-state index contributed by atoms with van der Waals surface area (Å²) >= 11 is 0. The molecule has 10 heteroatoms. The summed E-state index contributed by atoms with van der Waals surface area (Å²) < 4.78 is 0. The monoisotopic (exact) mass is 499 g/mol. The molecule has 3 amide bonds. The first-order valence-electron chi connectivity index (χ1n) is 13.1. The third-order valence-corrected chi connectivity index (χ3v) is 8.53. The molecule has 0 radical (unpaired) electrons. The average molecular weight is 500 g/mol. The van der Waals surface area contributed by atoms with E-state index < -0.39 is 11.6 Å². The Labute approximate surface area is 214 Å². The van der Waals surface area contributed by atoms with Gasteiger partial charge in [0, 0.05) is 42.9 Å². The van der Waals surface area contributed by atoms with Gasteiger partial charge in [0.1, 0.15) is 11.6 Å². The fourth-order valence-corrected chi connectivity index (χ4v) is 6.34. The number of hydrogen-bond donors (Lipinski definition) is 1. The number of hydrogen-bond acceptors (Lipinski definition) is 6. The summed E-state index contributed by atoms with van der Waals surface area (Å²) in [5.41, 5.74) is 1.36. The van der Waals surface area contributed by atoms with Crippen LogP contribution in [-0.2, 0) is 9.59 Å². The van der Waals surface area contributed by atoms with Crippen molar-refractivity contribution in [2.24, 2.45) is 0 Å². The highest BCUT2D eigenvalue weighted by atomic mass is 16.2. The fourth-order valence-electron chi connectivity index (χ4n) is 6.34. The first kappa shape index (κ1) is 22.3. The minimum atomic E-state index is -0.766. The number of anilines is 1. The lowest BCUT2D eigenvalue weighted by Crippen LogP contribution is -2.57. The molecule has 1 atom stereocenters. The van der Waals surface area contributed by atoms with Crippen LogP contribution >= 0.6 is 0 Å². The van der Waals surface area contributed by atoms with Crippen molar-refractivity contribution in [1.82, 2.24) is 29.9 Å². The highest BCUT2D eigenvalue weighted by Gasteiger charge is 2.57. The summed E-state index contributed by atoms with van der Waals surface area (Å²) in [6, 6.07) is 11.7. The van der Waals surface area contributed by atoms with E-state index in [2.05, 4.69) is 20.1 Å². The SMILES string of the molecule is O=C(c1cnc2[nH]ncc2c1)N1CCC2(CC1)C(=O)N(C1CCN(C3CC3)C1=O)CN2c1ccccc1. The van der Waals surface area contributed by atoms with Crippen LogP contribution in [0.2, 0.25) is 0 Å². The molecule has 5 heterocycles. The second kappa shape index (κ2) is 8.29. The molecule has 2 aromatic heterocycles. The van der Waals surface area contributed by atoms with Crippen LogP contribution in [0.15, 0.2) is 48.8 Å². The first-order valence-corrected chi connectivity index (χ1v) is 13.1. The van der Waals surface area contributed by atoms with Crippen molar-refractivity contribution in [2.75, 3.05) is 31.2 Å². The molecule has 1 saturated carbocycles. The zero-order chi connectivity index (χ0) is 25.1. The number of aromatic amines is 1. The fraction of sp³-hybridized carbons (Fsp3) is 0.444. The molecule has 10 nitrogen and oxygen atoms in total. The third kappa shape index (κ3) is 3.49. The molecule has 4 fully saturated rings. The normalized spacial score (nSPS) is 23.6. The van der Waals surface area contributed by atoms with Gasteiger partial charge in [-0.05, 0) is 50.3 Å². The lowest BCUT2D eigenvalue weighted by molar-refractivity contribution is -0.142. The van der Waals surface area contributed by atoms with Gasteiger partial charge < -0.3 is 19.6 Å². The van der Waals surface area contributed by atoms with Gasteiger partial charge in [-0.25, -0.2) is 4.98 Å². The summed E-state index contributed by atoms with van der Waals surface area (Å²) in [6.07, 6.45) is 7.08. The largest absolute Gasteiger partial charge is 0.339 e. The molecule has 7 rings (SSSR count). The van der Waals surface area contributed by atoms with Crippen LogP contribution in [0.1, 0.15) is 42.5 Å². The molecular formula is C27H29N7O3. The number of nitrogens with zero attached hydrogens (tertiary/aromatic N) is 6. The molecule has 3 aromatic rings. The number of para-hydroxylation sites is 1. The van der Waals surface area contributed by atoms with Crippen molar-refractivity contribution in [3.05, 3.63) is 54.4 Å². The predicted octanol–water partition coefficient (Wildman–Crippen LogP) is 2.00. The van der Waals surface area contributed by atoms with Gasteiger partial charge >= 0.3 is 0 Å². The molecule has 3 aliphatic heterocycles. The van der Waals surface area contributed by atoms with Gasteiger partial charge in [0.05, 0.1) is 18.4 Å². The Bertz CT molecular complexity index is 1380. The molecular weight excluding hydrogens is 470 g/mol. The van der Waals surface area contributed by atoms with Gasteiger partial charge in [0.2, 0.25) is 5.91 Å². The van der Waals surface area contributed by atoms with Crippen molar-refractivity contribution >= 4 is 34.4 Å². The number of benzene rings is 1. The van der Waals surface area contributed by atoms with Crippen molar-refractivity contribution in [3.63, 3.8) is 0 Å². The summed E-state index contributed by atoms with van der Waals surface area (Å²) in [5, 5.41) is 7.58. The first-order chi connectivity index (χ1) is 18.0. The van der Waals surface area contributed by atoms with Crippen LogP contribution in [0, 0.1) is 0 Å². The van der Waals surface area contributed by atoms with Crippen molar-refractivity contribution in [3.8, 4) is 0 Å². The molecule has 1 unspecified atom stereocenters. The second-order valence-electron chi connectivity index (χ2n) is 10.6. The second-order valence-corrected chi connectivity index (χ2v) is 10.6. The van der Waals surface area contributed by atoms with E-state index in [9.17, 15) is 14.4 Å². The van der Waals surface area contributed by atoms with Gasteiger partial charge in [-0.3, -0.25) is 19.5 Å². The Morgan fingerprint density at radius 2 is 1.76 bits per heavy atom. The van der Waals surface area contributed by atoms with E-state index in [0.717, 1.165) is 30.5 Å². The molecule has 37 heavy (non-hydrogen) atoms. The van der Waals surface area contributed by atoms with Crippen molar-refractivity contribution < 1.29 is 14.4 Å². The van der Waals surface area contributed by atoms with E-state index in [4.69, 9.17) is 0 Å². The van der Waals surface area contributed by atoms with Crippen molar-refractivity contribution in [1.29, 1.82) is 0 Å². The Kier molecular flexibility index (Phi) is 4.99. The summed E-state index contributed by atoms with van der Waals surface area (Å²) in [7, 11) is 0. The molecule has 1 aromatic carbocycles. The van der Waals surface area contributed by atoms with Crippen LogP contribution in [0.25, 0.3) is 11.0 Å². The van der Waals surface area contributed by atoms with E-state index in [1.54, 1.807) is 18.5 Å². The molecule has 1 spiro atoms. The lowest BCUT2D eigenvalue weighted by atomic mass is 9.85. The number of amides is 3. The van der Waals surface area contributed by atoms with Gasteiger partial charge in [-0.2, -0.15) is 5.10 Å². The number of pyridine rings is 1. The molecule has 4 aliphatic rings. The number of H-pyrrole nitrogens is 1. The average Bonchev–Trinajstić information content (AvgIpc) is 3.44. The standard InChI is InChI=1S/C27H29N7O3/c35-24(19-14-18-16-29-30-23(18)28-15-19)31-12-9-27(10-13-31)26(37)33(17-34(27)21-4-2-1-3-5-21)22-8-11-32(25(22)36)20-6-7-20/h1-5,14-16,20,22H,6-13,17H2,(H,28,29,30). The number of carbonyl (C=O) groups excluding carboxylic acids is 3. The number of likely N-dealkylation sites (tertiary alicyclic amines) is 2. The van der Waals surface area contributed by atoms with Gasteiger partial charge in [0.15, 0.2) is 5.65 Å². The molecule has 190 valence electrons. The van der Waals surface area contributed by atoms with Crippen LogP contribution in [-0.4, -0.2) is 91.5 Å². The van der Waals surface area contributed by atoms with Crippen LogP contribution < -0.4 is 4.90 Å². The smallest absolute Gasteiger partial charge is 0.255 e. The number of carbonyl (C=O) groups is 3. The zero-order valence-electron chi connectivity index (χ0n) is 20.5. The quantitative estimate of drug-likeness (QED) is 0.589. The Morgan fingerprint density at radius 1 is 0.973 bits per heavy atom. The minimum absolute atomic E-state index is 0.0148. The highest BCUT2D eigenvalue weighted by molar-refractivity contribution is 5.99. The number of rotatable bonds is 4. The number of nitrogens with one attached hydrogen (secondary N) is 1. The molecule has 3 saturated heterocycles. The number of piperidine rings is 1. The molecule has 0 bridgehead atoms. The number of fused-ring (bicyclic) bond motifs is 1. The van der Waals surface area contributed by atoms with Gasteiger partial charge in [-0.1, -0.05) is 18.2 Å². The van der Waals surface area contributed by atoms with E-state index in [1.165, 1.54) is 0 Å². The highest BCUT2D eigenvalue weighted by Crippen LogP contribution is 2.42. The van der Waals surface area contributed by atoms with E-state index in [1.807, 2.05) is 45.0 Å².